The fourth-order valence-corrected chi connectivity index (χ4v) is 5.12. The van der Waals surface area contributed by atoms with Gasteiger partial charge in [-0.05, 0) is 79.1 Å². The number of unbranched alkanes of at least 4 members (excludes halogenated alkanes) is 1. The molecular formula is C23H26N2O5S2. The predicted octanol–water partition coefficient (Wildman–Crippen LogP) is 4.64. The fraction of sp³-hybridized carbons (Fsp3) is 0.217. The Morgan fingerprint density at radius 1 is 0.688 bits per heavy atom. The van der Waals surface area contributed by atoms with Crippen molar-refractivity contribution in [2.45, 2.75) is 36.0 Å². The van der Waals surface area contributed by atoms with E-state index in [4.69, 9.17) is 4.74 Å². The van der Waals surface area contributed by atoms with E-state index >= 15 is 0 Å². The van der Waals surface area contributed by atoms with Gasteiger partial charge < -0.3 is 4.74 Å². The minimum Gasteiger partial charge on any atom is -0.497 e. The maximum Gasteiger partial charge on any atom is 0.261 e. The molecule has 0 spiro atoms. The molecule has 0 bridgehead atoms. The molecule has 0 fully saturated rings. The molecule has 0 unspecified atom stereocenters. The molecule has 3 rings (SSSR count). The van der Waals surface area contributed by atoms with Crippen LogP contribution in [0.5, 0.6) is 5.75 Å². The molecule has 0 aromatic heterocycles. The Bertz CT molecular complexity index is 1240. The van der Waals surface area contributed by atoms with Crippen LogP contribution in [0.4, 0.5) is 11.4 Å². The second kappa shape index (κ2) is 10.1. The lowest BCUT2D eigenvalue weighted by Crippen LogP contribution is -2.14. The SMILES string of the molecule is CCCCc1ccc(S(=O)(=O)Nc2ccc(S(=O)(=O)Nc3ccc(OC)cc3)cc2)cc1. The van der Waals surface area contributed by atoms with Crippen molar-refractivity contribution in [3.8, 4) is 5.75 Å². The monoisotopic (exact) mass is 474 g/mol. The summed E-state index contributed by atoms with van der Waals surface area (Å²) in [5, 5.41) is 0. The number of hydrogen-bond acceptors (Lipinski definition) is 5. The second-order valence-corrected chi connectivity index (χ2v) is 10.6. The van der Waals surface area contributed by atoms with Gasteiger partial charge in [0.1, 0.15) is 5.75 Å². The van der Waals surface area contributed by atoms with E-state index in [1.165, 1.54) is 31.4 Å². The standard InChI is InChI=1S/C23H26N2O5S2/c1-3-4-5-18-6-14-22(15-7-18)31(26,27)25-20-10-16-23(17-11-20)32(28,29)24-19-8-12-21(30-2)13-9-19/h6-17,24-25H,3-5H2,1-2H3. The van der Waals surface area contributed by atoms with Crippen molar-refractivity contribution < 1.29 is 21.6 Å². The average Bonchev–Trinajstić information content (AvgIpc) is 2.78. The van der Waals surface area contributed by atoms with Crippen LogP contribution in [-0.2, 0) is 26.5 Å². The molecule has 0 aliphatic heterocycles. The molecule has 3 aromatic rings. The first-order valence-electron chi connectivity index (χ1n) is 10.1. The molecule has 0 saturated carbocycles. The largest absolute Gasteiger partial charge is 0.497 e. The molecule has 0 radical (unpaired) electrons. The highest BCUT2D eigenvalue weighted by Gasteiger charge is 2.17. The van der Waals surface area contributed by atoms with Crippen molar-refractivity contribution >= 4 is 31.4 Å². The van der Waals surface area contributed by atoms with E-state index in [9.17, 15) is 16.8 Å². The summed E-state index contributed by atoms with van der Waals surface area (Å²) in [6.45, 7) is 2.11. The number of rotatable bonds is 10. The third-order valence-corrected chi connectivity index (χ3v) is 7.61. The van der Waals surface area contributed by atoms with Crippen molar-refractivity contribution in [1.29, 1.82) is 0 Å². The van der Waals surface area contributed by atoms with E-state index < -0.39 is 20.0 Å². The number of methoxy groups -OCH3 is 1. The van der Waals surface area contributed by atoms with Crippen molar-refractivity contribution in [3.63, 3.8) is 0 Å². The first-order valence-corrected chi connectivity index (χ1v) is 13.1. The predicted molar refractivity (Wildman–Crippen MR) is 126 cm³/mol. The number of hydrogen-bond donors (Lipinski definition) is 2. The van der Waals surface area contributed by atoms with Gasteiger partial charge >= 0.3 is 0 Å². The topological polar surface area (TPSA) is 102 Å². The molecule has 32 heavy (non-hydrogen) atoms. The minimum atomic E-state index is -3.83. The van der Waals surface area contributed by atoms with Gasteiger partial charge in [0.15, 0.2) is 0 Å². The highest BCUT2D eigenvalue weighted by Crippen LogP contribution is 2.22. The van der Waals surface area contributed by atoms with Crippen molar-refractivity contribution in [1.82, 2.24) is 0 Å². The van der Waals surface area contributed by atoms with E-state index in [0.717, 1.165) is 24.8 Å². The first-order chi connectivity index (χ1) is 15.2. The fourth-order valence-electron chi connectivity index (χ4n) is 3.01. The molecule has 7 nitrogen and oxygen atoms in total. The van der Waals surface area contributed by atoms with Gasteiger partial charge in [0.2, 0.25) is 0 Å². The van der Waals surface area contributed by atoms with Gasteiger partial charge in [0.05, 0.1) is 16.9 Å². The zero-order chi connectivity index (χ0) is 23.2. The van der Waals surface area contributed by atoms with Crippen LogP contribution in [0.15, 0.2) is 82.6 Å². The first kappa shape index (κ1) is 23.6. The summed E-state index contributed by atoms with van der Waals surface area (Å²) in [6.07, 6.45) is 3.03. The Morgan fingerprint density at radius 3 is 1.56 bits per heavy atom. The molecule has 0 atom stereocenters. The maximum absolute atomic E-state index is 12.7. The summed E-state index contributed by atoms with van der Waals surface area (Å²) in [6, 6.07) is 18.8. The Morgan fingerprint density at radius 2 is 1.12 bits per heavy atom. The molecule has 170 valence electrons. The van der Waals surface area contributed by atoms with E-state index in [2.05, 4.69) is 16.4 Å². The summed E-state index contributed by atoms with van der Waals surface area (Å²) in [5.74, 6) is 0.611. The Balaban J connectivity index is 1.70. The highest BCUT2D eigenvalue weighted by atomic mass is 32.2. The Labute approximate surface area is 189 Å². The molecule has 0 saturated heterocycles. The number of anilines is 2. The van der Waals surface area contributed by atoms with Gasteiger partial charge in [-0.15, -0.1) is 0 Å². The van der Waals surface area contributed by atoms with Gasteiger partial charge in [-0.2, -0.15) is 0 Å². The van der Waals surface area contributed by atoms with E-state index in [1.807, 2.05) is 12.1 Å². The van der Waals surface area contributed by atoms with Crippen LogP contribution in [-0.4, -0.2) is 23.9 Å². The molecule has 0 aliphatic rings. The van der Waals surface area contributed by atoms with Crippen LogP contribution in [0.3, 0.4) is 0 Å². The molecule has 0 amide bonds. The molecule has 9 heteroatoms. The van der Waals surface area contributed by atoms with Crippen molar-refractivity contribution in [2.75, 3.05) is 16.6 Å². The maximum atomic E-state index is 12.7. The van der Waals surface area contributed by atoms with Crippen LogP contribution < -0.4 is 14.2 Å². The average molecular weight is 475 g/mol. The molecule has 0 heterocycles. The highest BCUT2D eigenvalue weighted by molar-refractivity contribution is 7.93. The van der Waals surface area contributed by atoms with Gasteiger partial charge in [-0.25, -0.2) is 16.8 Å². The van der Waals surface area contributed by atoms with Gasteiger partial charge in [-0.3, -0.25) is 9.44 Å². The summed E-state index contributed by atoms with van der Waals surface area (Å²) >= 11 is 0. The van der Waals surface area contributed by atoms with Crippen LogP contribution in [0.1, 0.15) is 25.3 Å². The van der Waals surface area contributed by atoms with E-state index in [-0.39, 0.29) is 15.5 Å². The molecule has 3 aromatic carbocycles. The number of benzene rings is 3. The van der Waals surface area contributed by atoms with Gasteiger partial charge in [0.25, 0.3) is 20.0 Å². The van der Waals surface area contributed by atoms with E-state index in [0.29, 0.717) is 11.4 Å². The summed E-state index contributed by atoms with van der Waals surface area (Å²) in [7, 11) is -6.08. The Kier molecular flexibility index (Phi) is 7.42. The molecule has 0 aliphatic carbocycles. The number of aryl methyl sites for hydroxylation is 1. The van der Waals surface area contributed by atoms with Crippen LogP contribution in [0, 0.1) is 0 Å². The minimum absolute atomic E-state index is 0.0107. The van der Waals surface area contributed by atoms with Crippen molar-refractivity contribution in [2.24, 2.45) is 0 Å². The third kappa shape index (κ3) is 6.02. The lowest BCUT2D eigenvalue weighted by molar-refractivity contribution is 0.415. The molecular weight excluding hydrogens is 448 g/mol. The zero-order valence-corrected chi connectivity index (χ0v) is 19.5. The van der Waals surface area contributed by atoms with E-state index in [1.54, 1.807) is 36.4 Å². The molecule has 2 N–H and O–H groups in total. The van der Waals surface area contributed by atoms with Crippen LogP contribution >= 0.6 is 0 Å². The van der Waals surface area contributed by atoms with Crippen molar-refractivity contribution in [3.05, 3.63) is 78.4 Å². The van der Waals surface area contributed by atoms with Crippen LogP contribution in [0.2, 0.25) is 0 Å². The number of ether oxygens (including phenoxy) is 1. The van der Waals surface area contributed by atoms with Gasteiger partial charge in [0, 0.05) is 11.4 Å². The normalized spacial score (nSPS) is 11.7. The van der Waals surface area contributed by atoms with Gasteiger partial charge in [-0.1, -0.05) is 25.5 Å². The lowest BCUT2D eigenvalue weighted by atomic mass is 10.1. The van der Waals surface area contributed by atoms with Crippen LogP contribution in [0.25, 0.3) is 0 Å². The smallest absolute Gasteiger partial charge is 0.261 e. The Hall–Kier alpha value is -3.04. The summed E-state index contributed by atoms with van der Waals surface area (Å²) < 4.78 is 60.5. The summed E-state index contributed by atoms with van der Waals surface area (Å²) in [5.41, 5.74) is 1.74. The quantitative estimate of drug-likeness (QED) is 0.446. The number of sulfonamides is 2. The second-order valence-electron chi connectivity index (χ2n) is 7.21. The number of nitrogens with one attached hydrogen (secondary N) is 2. The third-order valence-electron chi connectivity index (χ3n) is 4.81. The lowest BCUT2D eigenvalue weighted by Gasteiger charge is -2.11. The summed E-state index contributed by atoms with van der Waals surface area (Å²) in [4.78, 5) is 0.159. The zero-order valence-electron chi connectivity index (χ0n) is 17.9.